The normalized spacial score (nSPS) is 10.2. The fourth-order valence-electron chi connectivity index (χ4n) is 2.03. The van der Waals surface area contributed by atoms with E-state index in [1.807, 2.05) is 73.6 Å². The maximum absolute atomic E-state index is 11.8. The van der Waals surface area contributed by atoms with Gasteiger partial charge in [0, 0.05) is 36.1 Å². The predicted molar refractivity (Wildman–Crippen MR) is 102 cm³/mol. The van der Waals surface area contributed by atoms with E-state index >= 15 is 0 Å². The Balaban J connectivity index is 1.66. The number of hydrogen-bond donors (Lipinski definition) is 1. The van der Waals surface area contributed by atoms with Gasteiger partial charge in [0.1, 0.15) is 0 Å². The number of benzene rings is 2. The van der Waals surface area contributed by atoms with Crippen molar-refractivity contribution in [3.63, 3.8) is 0 Å². The summed E-state index contributed by atoms with van der Waals surface area (Å²) in [6, 6.07) is 17.3. The summed E-state index contributed by atoms with van der Waals surface area (Å²) in [5, 5.41) is 2.71. The van der Waals surface area contributed by atoms with E-state index in [4.69, 9.17) is 4.74 Å². The summed E-state index contributed by atoms with van der Waals surface area (Å²) in [6.45, 7) is -0.274. The van der Waals surface area contributed by atoms with Crippen LogP contribution in [0, 0.1) is 0 Å². The van der Waals surface area contributed by atoms with Crippen molar-refractivity contribution >= 4 is 35.0 Å². The molecular formula is C19H22N2O3S. The zero-order valence-corrected chi connectivity index (χ0v) is 15.2. The molecule has 0 aliphatic carbocycles. The maximum atomic E-state index is 11.8. The van der Waals surface area contributed by atoms with Crippen LogP contribution >= 0.6 is 11.8 Å². The topological polar surface area (TPSA) is 58.6 Å². The molecule has 0 saturated carbocycles. The number of carbonyl (C=O) groups is 2. The van der Waals surface area contributed by atoms with Gasteiger partial charge in [-0.05, 0) is 36.4 Å². The first-order chi connectivity index (χ1) is 12.0. The van der Waals surface area contributed by atoms with Crippen LogP contribution in [0.15, 0.2) is 59.5 Å². The molecule has 0 saturated heterocycles. The second-order valence-electron chi connectivity index (χ2n) is 5.56. The monoisotopic (exact) mass is 358 g/mol. The van der Waals surface area contributed by atoms with Gasteiger partial charge in [-0.2, -0.15) is 0 Å². The molecule has 0 aliphatic heterocycles. The number of anilines is 2. The van der Waals surface area contributed by atoms with Gasteiger partial charge in [-0.1, -0.05) is 18.2 Å². The number of ether oxygens (including phenoxy) is 1. The molecular weight excluding hydrogens is 336 g/mol. The SMILES string of the molecule is CN(C)c1ccc(NC(=O)COC(=O)CCSc2ccccc2)cc1. The molecule has 0 spiro atoms. The molecule has 0 fully saturated rings. The van der Waals surface area contributed by atoms with Crippen LogP contribution in [-0.4, -0.2) is 38.3 Å². The van der Waals surface area contributed by atoms with Gasteiger partial charge < -0.3 is 15.0 Å². The summed E-state index contributed by atoms with van der Waals surface area (Å²) >= 11 is 1.58. The van der Waals surface area contributed by atoms with Gasteiger partial charge in [0.15, 0.2) is 6.61 Å². The molecule has 0 atom stereocenters. The molecule has 132 valence electrons. The zero-order valence-electron chi connectivity index (χ0n) is 14.4. The minimum absolute atomic E-state index is 0.268. The molecule has 0 aromatic heterocycles. The lowest BCUT2D eigenvalue weighted by Crippen LogP contribution is -2.21. The van der Waals surface area contributed by atoms with E-state index in [9.17, 15) is 9.59 Å². The molecule has 6 heteroatoms. The van der Waals surface area contributed by atoms with Crippen molar-refractivity contribution in [2.75, 3.05) is 36.7 Å². The van der Waals surface area contributed by atoms with E-state index in [0.717, 1.165) is 10.6 Å². The Hall–Kier alpha value is -2.47. The van der Waals surface area contributed by atoms with Crippen LogP contribution in [-0.2, 0) is 14.3 Å². The predicted octanol–water partition coefficient (Wildman–Crippen LogP) is 3.42. The van der Waals surface area contributed by atoms with Crippen LogP contribution in [0.3, 0.4) is 0 Å². The Labute approximate surface area is 152 Å². The smallest absolute Gasteiger partial charge is 0.307 e. The first-order valence-corrected chi connectivity index (χ1v) is 8.94. The van der Waals surface area contributed by atoms with E-state index in [-0.39, 0.29) is 24.9 Å². The van der Waals surface area contributed by atoms with E-state index in [1.54, 1.807) is 11.8 Å². The van der Waals surface area contributed by atoms with Gasteiger partial charge in [-0.15, -0.1) is 11.8 Å². The summed E-state index contributed by atoms with van der Waals surface area (Å²) in [5.74, 6) is -0.0978. The standard InChI is InChI=1S/C19H22N2O3S/c1-21(2)16-10-8-15(9-11-16)20-18(22)14-24-19(23)12-13-25-17-6-4-3-5-7-17/h3-11H,12-14H2,1-2H3,(H,20,22). The molecule has 2 aromatic carbocycles. The average molecular weight is 358 g/mol. The molecule has 1 N–H and O–H groups in total. The number of nitrogens with one attached hydrogen (secondary N) is 1. The Kier molecular flexibility index (Phi) is 7.35. The molecule has 2 aromatic rings. The van der Waals surface area contributed by atoms with E-state index < -0.39 is 0 Å². The highest BCUT2D eigenvalue weighted by molar-refractivity contribution is 7.99. The third-order valence-corrected chi connectivity index (χ3v) is 4.36. The first-order valence-electron chi connectivity index (χ1n) is 7.95. The van der Waals surface area contributed by atoms with E-state index in [2.05, 4.69) is 5.32 Å². The van der Waals surface area contributed by atoms with Gasteiger partial charge in [0.25, 0.3) is 5.91 Å². The number of thioether (sulfide) groups is 1. The molecule has 0 aliphatic rings. The van der Waals surface area contributed by atoms with Crippen LogP contribution in [0.1, 0.15) is 6.42 Å². The lowest BCUT2D eigenvalue weighted by atomic mass is 10.2. The van der Waals surface area contributed by atoms with Crippen molar-refractivity contribution in [3.8, 4) is 0 Å². The number of rotatable bonds is 8. The Morgan fingerprint density at radius 3 is 2.36 bits per heavy atom. The van der Waals surface area contributed by atoms with E-state index in [0.29, 0.717) is 11.4 Å². The molecule has 0 heterocycles. The molecule has 0 unspecified atom stereocenters. The largest absolute Gasteiger partial charge is 0.456 e. The highest BCUT2D eigenvalue weighted by atomic mass is 32.2. The van der Waals surface area contributed by atoms with Crippen LogP contribution in [0.4, 0.5) is 11.4 Å². The molecule has 25 heavy (non-hydrogen) atoms. The molecule has 0 radical (unpaired) electrons. The third-order valence-electron chi connectivity index (χ3n) is 3.35. The average Bonchev–Trinajstić information content (AvgIpc) is 2.61. The van der Waals surface area contributed by atoms with Crippen LogP contribution in [0.25, 0.3) is 0 Å². The zero-order chi connectivity index (χ0) is 18.1. The van der Waals surface area contributed by atoms with Gasteiger partial charge in [0.2, 0.25) is 0 Å². The van der Waals surface area contributed by atoms with Crippen LogP contribution < -0.4 is 10.2 Å². The van der Waals surface area contributed by atoms with Crippen molar-refractivity contribution in [1.82, 2.24) is 0 Å². The van der Waals surface area contributed by atoms with Crippen molar-refractivity contribution in [1.29, 1.82) is 0 Å². The Morgan fingerprint density at radius 2 is 1.72 bits per heavy atom. The van der Waals surface area contributed by atoms with Crippen LogP contribution in [0.2, 0.25) is 0 Å². The van der Waals surface area contributed by atoms with Gasteiger partial charge in [-0.3, -0.25) is 9.59 Å². The Morgan fingerprint density at radius 1 is 1.04 bits per heavy atom. The summed E-state index contributed by atoms with van der Waals surface area (Å²) in [6.07, 6.45) is 0.268. The summed E-state index contributed by atoms with van der Waals surface area (Å²) in [4.78, 5) is 26.6. The second kappa shape index (κ2) is 9.74. The number of nitrogens with zero attached hydrogens (tertiary/aromatic N) is 1. The minimum Gasteiger partial charge on any atom is -0.456 e. The number of amides is 1. The van der Waals surface area contributed by atoms with Crippen molar-refractivity contribution in [3.05, 3.63) is 54.6 Å². The Bertz CT molecular complexity index is 688. The third kappa shape index (κ3) is 6.89. The first kappa shape index (κ1) is 18.9. The molecule has 1 amide bonds. The fraction of sp³-hybridized carbons (Fsp3) is 0.263. The fourth-order valence-corrected chi connectivity index (χ4v) is 2.88. The summed E-state index contributed by atoms with van der Waals surface area (Å²) in [5.41, 5.74) is 1.71. The van der Waals surface area contributed by atoms with Gasteiger partial charge >= 0.3 is 5.97 Å². The quantitative estimate of drug-likeness (QED) is 0.579. The summed E-state index contributed by atoms with van der Waals surface area (Å²) in [7, 11) is 3.90. The maximum Gasteiger partial charge on any atom is 0.307 e. The highest BCUT2D eigenvalue weighted by Gasteiger charge is 2.08. The number of hydrogen-bond acceptors (Lipinski definition) is 5. The van der Waals surface area contributed by atoms with Gasteiger partial charge in [0.05, 0.1) is 6.42 Å². The van der Waals surface area contributed by atoms with Gasteiger partial charge in [-0.25, -0.2) is 0 Å². The highest BCUT2D eigenvalue weighted by Crippen LogP contribution is 2.18. The van der Waals surface area contributed by atoms with Crippen molar-refractivity contribution in [2.45, 2.75) is 11.3 Å². The second-order valence-corrected chi connectivity index (χ2v) is 6.73. The van der Waals surface area contributed by atoms with Crippen LogP contribution in [0.5, 0.6) is 0 Å². The van der Waals surface area contributed by atoms with Crippen molar-refractivity contribution in [2.24, 2.45) is 0 Å². The number of esters is 1. The number of carbonyl (C=O) groups excluding carboxylic acids is 2. The lowest BCUT2D eigenvalue weighted by molar-refractivity contribution is -0.146. The van der Waals surface area contributed by atoms with E-state index in [1.165, 1.54) is 0 Å². The minimum atomic E-state index is -0.374. The molecule has 2 rings (SSSR count). The molecule has 0 bridgehead atoms. The summed E-state index contributed by atoms with van der Waals surface area (Å²) < 4.78 is 5.00. The molecule has 5 nitrogen and oxygen atoms in total. The van der Waals surface area contributed by atoms with Crippen molar-refractivity contribution < 1.29 is 14.3 Å². The lowest BCUT2D eigenvalue weighted by Gasteiger charge is -2.13.